The lowest BCUT2D eigenvalue weighted by molar-refractivity contribution is 0.0276. The van der Waals surface area contributed by atoms with Crippen LogP contribution >= 0.6 is 0 Å². The summed E-state index contributed by atoms with van der Waals surface area (Å²) in [6.07, 6.45) is 4.70. The van der Waals surface area contributed by atoms with E-state index in [4.69, 9.17) is 0 Å². The summed E-state index contributed by atoms with van der Waals surface area (Å²) >= 11 is 0. The van der Waals surface area contributed by atoms with E-state index in [0.717, 1.165) is 36.6 Å². The lowest BCUT2D eigenvalue weighted by Gasteiger charge is -2.41. The first kappa shape index (κ1) is 26.6. The van der Waals surface area contributed by atoms with E-state index in [1.165, 1.54) is 10.6 Å². The number of sulfonamides is 1. The van der Waals surface area contributed by atoms with Gasteiger partial charge in [-0.1, -0.05) is 18.2 Å². The zero-order valence-electron chi connectivity index (χ0n) is 22.1. The van der Waals surface area contributed by atoms with Crippen LogP contribution in [0.5, 0.6) is 0 Å². The van der Waals surface area contributed by atoms with Crippen molar-refractivity contribution in [3.8, 4) is 0 Å². The van der Waals surface area contributed by atoms with E-state index in [-0.39, 0.29) is 18.0 Å². The monoisotopic (exact) mass is 532 g/mol. The Morgan fingerprint density at radius 3 is 2.35 bits per heavy atom. The summed E-state index contributed by atoms with van der Waals surface area (Å²) in [5, 5.41) is 19.7. The minimum absolute atomic E-state index is 0.102. The third-order valence-corrected chi connectivity index (χ3v) is 9.53. The van der Waals surface area contributed by atoms with Crippen molar-refractivity contribution in [3.05, 3.63) is 30.0 Å². The number of fused-ring (bicyclic) bond motifs is 3. The zero-order chi connectivity index (χ0) is 26.3. The maximum absolute atomic E-state index is 13.3. The first-order chi connectivity index (χ1) is 17.6. The number of nitrogens with one attached hydrogen (secondary N) is 1. The summed E-state index contributed by atoms with van der Waals surface area (Å²) in [5.74, 6) is -0.110. The fourth-order valence-electron chi connectivity index (χ4n) is 6.44. The second-order valence-electron chi connectivity index (χ2n) is 11.2. The summed E-state index contributed by atoms with van der Waals surface area (Å²) in [5.41, 5.74) is 1.47. The SMILES string of the molecule is CC(C)n1nc(C(=O)N[C@@H]2C[C@H]3CC[C@@H](C2)N3CC(O)CN2CCN(S(C)(=O)=O)CC2)c2ccccc21. The number of aliphatic hydroxyl groups is 1. The Labute approximate surface area is 219 Å². The molecule has 0 saturated carbocycles. The number of rotatable bonds is 8. The molecule has 1 aromatic heterocycles. The highest BCUT2D eigenvalue weighted by atomic mass is 32.2. The minimum atomic E-state index is -3.15. The fourth-order valence-corrected chi connectivity index (χ4v) is 7.26. The number of hydrogen-bond donors (Lipinski definition) is 2. The van der Waals surface area contributed by atoms with Crippen LogP contribution in [0.25, 0.3) is 10.9 Å². The van der Waals surface area contributed by atoms with Crippen LogP contribution in [-0.2, 0) is 10.0 Å². The molecule has 37 heavy (non-hydrogen) atoms. The van der Waals surface area contributed by atoms with Gasteiger partial charge in [-0.3, -0.25) is 19.3 Å². The molecule has 204 valence electrons. The van der Waals surface area contributed by atoms with Gasteiger partial charge in [0.2, 0.25) is 10.0 Å². The van der Waals surface area contributed by atoms with Crippen LogP contribution in [0.2, 0.25) is 0 Å². The van der Waals surface area contributed by atoms with E-state index >= 15 is 0 Å². The number of benzene rings is 1. The number of carbonyl (C=O) groups is 1. The molecular weight excluding hydrogens is 492 g/mol. The van der Waals surface area contributed by atoms with Gasteiger partial charge in [-0.15, -0.1) is 0 Å². The Morgan fingerprint density at radius 2 is 1.73 bits per heavy atom. The van der Waals surface area contributed by atoms with Crippen molar-refractivity contribution in [2.75, 3.05) is 45.5 Å². The highest BCUT2D eigenvalue weighted by Gasteiger charge is 2.42. The lowest BCUT2D eigenvalue weighted by Crippen LogP contribution is -2.54. The van der Waals surface area contributed by atoms with Gasteiger partial charge in [0.15, 0.2) is 5.69 Å². The minimum Gasteiger partial charge on any atom is -0.390 e. The van der Waals surface area contributed by atoms with Gasteiger partial charge in [0.1, 0.15) is 0 Å². The number of para-hydroxylation sites is 1. The van der Waals surface area contributed by atoms with Crippen molar-refractivity contribution >= 4 is 26.8 Å². The van der Waals surface area contributed by atoms with Crippen molar-refractivity contribution in [2.24, 2.45) is 0 Å². The van der Waals surface area contributed by atoms with E-state index in [9.17, 15) is 18.3 Å². The van der Waals surface area contributed by atoms with Gasteiger partial charge in [-0.2, -0.15) is 9.40 Å². The molecule has 1 aromatic carbocycles. The standard InChI is InChI=1S/C26H40N6O4S/c1-18(2)32-24-7-5-4-6-23(24)25(28-32)26(34)27-19-14-20-8-9-21(15-19)31(20)17-22(33)16-29-10-12-30(13-11-29)37(3,35)36/h4-7,18-22,33H,8-17H2,1-3H3,(H,27,34)/t19-,20-,21+,22?. The molecule has 3 aliphatic heterocycles. The first-order valence-electron chi connectivity index (χ1n) is 13.5. The second-order valence-corrected chi connectivity index (χ2v) is 13.2. The van der Waals surface area contributed by atoms with Gasteiger partial charge >= 0.3 is 0 Å². The van der Waals surface area contributed by atoms with E-state index in [2.05, 4.69) is 34.1 Å². The second kappa shape index (κ2) is 10.6. The summed E-state index contributed by atoms with van der Waals surface area (Å²) in [6, 6.07) is 8.87. The Balaban J connectivity index is 1.15. The average molecular weight is 533 g/mol. The van der Waals surface area contributed by atoms with Crippen LogP contribution in [0.1, 0.15) is 56.1 Å². The van der Waals surface area contributed by atoms with Crippen molar-refractivity contribution in [1.82, 2.24) is 29.2 Å². The highest BCUT2D eigenvalue weighted by molar-refractivity contribution is 7.88. The highest BCUT2D eigenvalue weighted by Crippen LogP contribution is 2.36. The van der Waals surface area contributed by atoms with E-state index in [1.54, 1.807) is 0 Å². The van der Waals surface area contributed by atoms with Crippen LogP contribution in [0, 0.1) is 0 Å². The van der Waals surface area contributed by atoms with Crippen LogP contribution in [-0.4, -0.2) is 113 Å². The summed E-state index contributed by atoms with van der Waals surface area (Å²) in [7, 11) is -3.15. The summed E-state index contributed by atoms with van der Waals surface area (Å²) in [6.45, 7) is 7.56. The fraction of sp³-hybridized carbons (Fsp3) is 0.692. The largest absolute Gasteiger partial charge is 0.390 e. The van der Waals surface area contributed by atoms with Crippen LogP contribution in [0.3, 0.4) is 0 Å². The molecule has 5 rings (SSSR count). The molecule has 1 unspecified atom stereocenters. The Kier molecular flexibility index (Phi) is 7.61. The molecule has 0 radical (unpaired) electrons. The third kappa shape index (κ3) is 5.70. The Morgan fingerprint density at radius 1 is 1.08 bits per heavy atom. The predicted octanol–water partition coefficient (Wildman–Crippen LogP) is 1.28. The predicted molar refractivity (Wildman–Crippen MR) is 143 cm³/mol. The molecule has 4 heterocycles. The number of amides is 1. The van der Waals surface area contributed by atoms with Gasteiger partial charge in [-0.25, -0.2) is 8.42 Å². The molecule has 2 N–H and O–H groups in total. The van der Waals surface area contributed by atoms with Gasteiger partial charge in [0.25, 0.3) is 5.91 Å². The molecule has 0 aliphatic carbocycles. The molecule has 3 saturated heterocycles. The van der Waals surface area contributed by atoms with Gasteiger partial charge in [0.05, 0.1) is 17.9 Å². The number of aromatic nitrogens is 2. The zero-order valence-corrected chi connectivity index (χ0v) is 22.9. The molecule has 2 aromatic rings. The van der Waals surface area contributed by atoms with Gasteiger partial charge in [0, 0.05) is 68.8 Å². The van der Waals surface area contributed by atoms with Crippen LogP contribution in [0.4, 0.5) is 0 Å². The van der Waals surface area contributed by atoms with Gasteiger partial charge < -0.3 is 10.4 Å². The topological polar surface area (TPSA) is 111 Å². The molecule has 10 nitrogen and oxygen atoms in total. The van der Waals surface area contributed by atoms with Gasteiger partial charge in [-0.05, 0) is 45.6 Å². The van der Waals surface area contributed by atoms with Crippen LogP contribution in [0.15, 0.2) is 24.3 Å². The molecular formula is C26H40N6O4S. The van der Waals surface area contributed by atoms with Crippen LogP contribution < -0.4 is 5.32 Å². The molecule has 0 spiro atoms. The number of piperazine rings is 1. The molecule has 3 aliphatic rings. The number of β-amino-alcohol motifs (C(OH)–C–C–N with tert-alkyl or cyclic N) is 1. The van der Waals surface area contributed by atoms with E-state index in [0.29, 0.717) is 57.0 Å². The van der Waals surface area contributed by atoms with Crippen molar-refractivity contribution in [1.29, 1.82) is 0 Å². The smallest absolute Gasteiger partial charge is 0.272 e. The number of aliphatic hydroxyl groups excluding tert-OH is 1. The van der Waals surface area contributed by atoms with Crippen molar-refractivity contribution in [3.63, 3.8) is 0 Å². The molecule has 4 atom stereocenters. The summed E-state index contributed by atoms with van der Waals surface area (Å²) in [4.78, 5) is 17.9. The maximum atomic E-state index is 13.3. The average Bonchev–Trinajstić information content (AvgIpc) is 3.33. The maximum Gasteiger partial charge on any atom is 0.272 e. The van der Waals surface area contributed by atoms with Crippen molar-refractivity contribution < 1.29 is 18.3 Å². The number of piperidine rings is 1. The summed E-state index contributed by atoms with van der Waals surface area (Å²) < 4.78 is 26.9. The molecule has 2 bridgehead atoms. The molecule has 11 heteroatoms. The van der Waals surface area contributed by atoms with E-state index < -0.39 is 16.1 Å². The Hall–Kier alpha value is -2.05. The van der Waals surface area contributed by atoms with E-state index in [1.807, 2.05) is 28.9 Å². The van der Waals surface area contributed by atoms with Crippen molar-refractivity contribution in [2.45, 2.75) is 69.8 Å². The molecule has 3 fully saturated rings. The Bertz CT molecular complexity index is 1210. The third-order valence-electron chi connectivity index (χ3n) is 8.23. The molecule has 1 amide bonds. The quantitative estimate of drug-likeness (QED) is 0.527. The number of carbonyl (C=O) groups excluding carboxylic acids is 1. The first-order valence-corrected chi connectivity index (χ1v) is 15.3. The number of hydrogen-bond acceptors (Lipinski definition) is 7. The normalized spacial score (nSPS) is 26.7. The number of nitrogens with zero attached hydrogens (tertiary/aromatic N) is 5. The lowest BCUT2D eigenvalue weighted by atomic mass is 9.96.